The standard InChI is InChI=1S/C15H24N2O/c1-4-7-17-15(18)9-13(10-16)14-8-11(2)5-6-12(14)3/h5-6,8,13H,4,7,9-10,16H2,1-3H3,(H,17,18). The van der Waals surface area contributed by atoms with Gasteiger partial charge in [-0.2, -0.15) is 0 Å². The molecule has 18 heavy (non-hydrogen) atoms. The highest BCUT2D eigenvalue weighted by atomic mass is 16.1. The van der Waals surface area contributed by atoms with Gasteiger partial charge in [-0.1, -0.05) is 30.7 Å². The molecule has 100 valence electrons. The van der Waals surface area contributed by atoms with Crippen molar-refractivity contribution in [3.05, 3.63) is 34.9 Å². The van der Waals surface area contributed by atoms with E-state index in [1.807, 2.05) is 6.92 Å². The Labute approximate surface area is 110 Å². The molecule has 1 atom stereocenters. The summed E-state index contributed by atoms with van der Waals surface area (Å²) in [5.74, 6) is 0.204. The molecule has 0 aliphatic heterocycles. The molecule has 3 N–H and O–H groups in total. The van der Waals surface area contributed by atoms with Crippen molar-refractivity contribution in [1.29, 1.82) is 0 Å². The Kier molecular flexibility index (Phi) is 5.86. The van der Waals surface area contributed by atoms with Crippen LogP contribution in [0, 0.1) is 13.8 Å². The van der Waals surface area contributed by atoms with E-state index in [4.69, 9.17) is 5.73 Å². The molecule has 0 aliphatic carbocycles. The van der Waals surface area contributed by atoms with Gasteiger partial charge in [-0.15, -0.1) is 0 Å². The summed E-state index contributed by atoms with van der Waals surface area (Å²) in [5, 5.41) is 2.91. The Morgan fingerprint density at radius 2 is 2.11 bits per heavy atom. The van der Waals surface area contributed by atoms with E-state index in [-0.39, 0.29) is 11.8 Å². The molecular weight excluding hydrogens is 224 g/mol. The van der Waals surface area contributed by atoms with Gasteiger partial charge >= 0.3 is 0 Å². The highest BCUT2D eigenvalue weighted by Gasteiger charge is 2.16. The summed E-state index contributed by atoms with van der Waals surface area (Å²) in [4.78, 5) is 11.8. The van der Waals surface area contributed by atoms with Crippen LogP contribution in [-0.2, 0) is 4.79 Å². The van der Waals surface area contributed by atoms with Gasteiger partial charge in [0.15, 0.2) is 0 Å². The highest BCUT2D eigenvalue weighted by molar-refractivity contribution is 5.77. The molecule has 0 spiro atoms. The molecule has 0 heterocycles. The van der Waals surface area contributed by atoms with Gasteiger partial charge in [0.25, 0.3) is 0 Å². The molecule has 1 unspecified atom stereocenters. The van der Waals surface area contributed by atoms with E-state index in [1.54, 1.807) is 0 Å². The average Bonchev–Trinajstić information content (AvgIpc) is 2.36. The van der Waals surface area contributed by atoms with E-state index in [0.29, 0.717) is 13.0 Å². The smallest absolute Gasteiger partial charge is 0.220 e. The van der Waals surface area contributed by atoms with Crippen LogP contribution in [0.5, 0.6) is 0 Å². The lowest BCUT2D eigenvalue weighted by atomic mass is 9.90. The van der Waals surface area contributed by atoms with Gasteiger partial charge in [0.1, 0.15) is 0 Å². The van der Waals surface area contributed by atoms with Crippen molar-refractivity contribution in [1.82, 2.24) is 5.32 Å². The monoisotopic (exact) mass is 248 g/mol. The molecular formula is C15H24N2O. The van der Waals surface area contributed by atoms with Crippen molar-refractivity contribution in [2.75, 3.05) is 13.1 Å². The van der Waals surface area contributed by atoms with E-state index in [9.17, 15) is 4.79 Å². The van der Waals surface area contributed by atoms with Crippen LogP contribution >= 0.6 is 0 Å². The van der Waals surface area contributed by atoms with Crippen LogP contribution in [0.2, 0.25) is 0 Å². The van der Waals surface area contributed by atoms with Gasteiger partial charge in [-0.05, 0) is 37.9 Å². The Morgan fingerprint density at radius 1 is 1.39 bits per heavy atom. The zero-order valence-electron chi connectivity index (χ0n) is 11.6. The van der Waals surface area contributed by atoms with Crippen LogP contribution in [0.1, 0.15) is 42.4 Å². The van der Waals surface area contributed by atoms with Crippen LogP contribution in [0.3, 0.4) is 0 Å². The van der Waals surface area contributed by atoms with E-state index in [0.717, 1.165) is 13.0 Å². The van der Waals surface area contributed by atoms with Gasteiger partial charge in [-0.3, -0.25) is 4.79 Å². The molecule has 3 heteroatoms. The number of rotatable bonds is 6. The number of carbonyl (C=O) groups is 1. The topological polar surface area (TPSA) is 55.1 Å². The third kappa shape index (κ3) is 4.15. The predicted octanol–water partition coefficient (Wildman–Crippen LogP) is 2.26. The first kappa shape index (κ1) is 14.7. The Morgan fingerprint density at radius 3 is 2.72 bits per heavy atom. The van der Waals surface area contributed by atoms with Crippen molar-refractivity contribution in [3.63, 3.8) is 0 Å². The molecule has 0 aromatic heterocycles. The summed E-state index contributed by atoms with van der Waals surface area (Å²) in [5.41, 5.74) is 9.44. The number of hydrogen-bond acceptors (Lipinski definition) is 2. The van der Waals surface area contributed by atoms with Crippen molar-refractivity contribution < 1.29 is 4.79 Å². The molecule has 0 fully saturated rings. The first-order chi connectivity index (χ1) is 8.58. The molecule has 0 saturated carbocycles. The van der Waals surface area contributed by atoms with Gasteiger partial charge in [0.05, 0.1) is 0 Å². The minimum absolute atomic E-state index is 0.0909. The second-order valence-corrected chi connectivity index (χ2v) is 4.85. The fraction of sp³-hybridized carbons (Fsp3) is 0.533. The van der Waals surface area contributed by atoms with Gasteiger partial charge in [0.2, 0.25) is 5.91 Å². The normalized spacial score (nSPS) is 12.2. The molecule has 1 rings (SSSR count). The van der Waals surface area contributed by atoms with Crippen molar-refractivity contribution in [2.24, 2.45) is 5.73 Å². The van der Waals surface area contributed by atoms with Gasteiger partial charge in [-0.25, -0.2) is 0 Å². The Bertz CT molecular complexity index is 401. The van der Waals surface area contributed by atoms with Crippen molar-refractivity contribution >= 4 is 5.91 Å². The summed E-state index contributed by atoms with van der Waals surface area (Å²) in [7, 11) is 0. The van der Waals surface area contributed by atoms with Crippen LogP contribution in [0.25, 0.3) is 0 Å². The third-order valence-electron chi connectivity index (χ3n) is 3.16. The molecule has 0 saturated heterocycles. The maximum Gasteiger partial charge on any atom is 0.220 e. The van der Waals surface area contributed by atoms with Crippen LogP contribution in [0.4, 0.5) is 0 Å². The van der Waals surface area contributed by atoms with Crippen LogP contribution in [-0.4, -0.2) is 19.0 Å². The highest BCUT2D eigenvalue weighted by Crippen LogP contribution is 2.23. The Balaban J connectivity index is 2.76. The number of amides is 1. The Hall–Kier alpha value is -1.35. The molecule has 1 aromatic rings. The maximum absolute atomic E-state index is 11.8. The second kappa shape index (κ2) is 7.17. The third-order valence-corrected chi connectivity index (χ3v) is 3.16. The average molecular weight is 248 g/mol. The summed E-state index contributed by atoms with van der Waals surface area (Å²) < 4.78 is 0. The van der Waals surface area contributed by atoms with Crippen LogP contribution in [0.15, 0.2) is 18.2 Å². The zero-order valence-corrected chi connectivity index (χ0v) is 11.6. The van der Waals surface area contributed by atoms with E-state index in [2.05, 4.69) is 37.4 Å². The minimum Gasteiger partial charge on any atom is -0.356 e. The number of hydrogen-bond donors (Lipinski definition) is 2. The number of aryl methyl sites for hydroxylation is 2. The van der Waals surface area contributed by atoms with Crippen molar-refractivity contribution in [2.45, 2.75) is 39.5 Å². The largest absolute Gasteiger partial charge is 0.356 e. The number of carbonyl (C=O) groups excluding carboxylic acids is 1. The fourth-order valence-electron chi connectivity index (χ4n) is 2.08. The van der Waals surface area contributed by atoms with E-state index >= 15 is 0 Å². The zero-order chi connectivity index (χ0) is 13.5. The quantitative estimate of drug-likeness (QED) is 0.811. The summed E-state index contributed by atoms with van der Waals surface area (Å²) >= 11 is 0. The number of nitrogens with one attached hydrogen (secondary N) is 1. The molecule has 3 nitrogen and oxygen atoms in total. The summed E-state index contributed by atoms with van der Waals surface area (Å²) in [6.07, 6.45) is 1.43. The lowest BCUT2D eigenvalue weighted by Gasteiger charge is -2.18. The minimum atomic E-state index is 0.0909. The molecule has 1 amide bonds. The molecule has 0 radical (unpaired) electrons. The first-order valence-electron chi connectivity index (χ1n) is 6.62. The van der Waals surface area contributed by atoms with Crippen molar-refractivity contribution in [3.8, 4) is 0 Å². The van der Waals surface area contributed by atoms with Gasteiger partial charge < -0.3 is 11.1 Å². The fourth-order valence-corrected chi connectivity index (χ4v) is 2.08. The van der Waals surface area contributed by atoms with Crippen LogP contribution < -0.4 is 11.1 Å². The maximum atomic E-state index is 11.8. The molecule has 0 aliphatic rings. The SMILES string of the molecule is CCCNC(=O)CC(CN)c1cc(C)ccc1C. The van der Waals surface area contributed by atoms with E-state index in [1.165, 1.54) is 16.7 Å². The van der Waals surface area contributed by atoms with E-state index < -0.39 is 0 Å². The predicted molar refractivity (Wildman–Crippen MR) is 75.6 cm³/mol. The lowest BCUT2D eigenvalue weighted by molar-refractivity contribution is -0.121. The van der Waals surface area contributed by atoms with Gasteiger partial charge in [0, 0.05) is 18.9 Å². The summed E-state index contributed by atoms with van der Waals surface area (Å²) in [6, 6.07) is 6.32. The summed E-state index contributed by atoms with van der Waals surface area (Å²) in [6.45, 7) is 7.42. The number of benzene rings is 1. The first-order valence-corrected chi connectivity index (χ1v) is 6.62. The molecule has 0 bridgehead atoms. The lowest BCUT2D eigenvalue weighted by Crippen LogP contribution is -2.28. The molecule has 1 aromatic carbocycles. The number of nitrogens with two attached hydrogens (primary N) is 1. The second-order valence-electron chi connectivity index (χ2n) is 4.85.